The number of sulfonamides is 1. The van der Waals surface area contributed by atoms with Gasteiger partial charge in [-0.1, -0.05) is 25.8 Å². The molecule has 128 valence electrons. The van der Waals surface area contributed by atoms with Crippen molar-refractivity contribution in [2.45, 2.75) is 56.9 Å². The minimum absolute atomic E-state index is 0.0633. The first-order valence-corrected chi connectivity index (χ1v) is 9.80. The van der Waals surface area contributed by atoms with Gasteiger partial charge in [0.15, 0.2) is 0 Å². The molecule has 1 N–H and O–H groups in total. The van der Waals surface area contributed by atoms with Gasteiger partial charge >= 0.3 is 0 Å². The zero-order valence-corrected chi connectivity index (χ0v) is 14.7. The van der Waals surface area contributed by atoms with Crippen LogP contribution in [0.4, 0.5) is 0 Å². The predicted molar refractivity (Wildman–Crippen MR) is 90.9 cm³/mol. The molecule has 1 saturated heterocycles. The fraction of sp³-hybridized carbons (Fsp3) is 0.588. The van der Waals surface area contributed by atoms with Crippen molar-refractivity contribution in [2.75, 3.05) is 13.1 Å². The summed E-state index contributed by atoms with van der Waals surface area (Å²) < 4.78 is 27.1. The van der Waals surface area contributed by atoms with Gasteiger partial charge in [-0.2, -0.15) is 4.31 Å². The summed E-state index contributed by atoms with van der Waals surface area (Å²) in [5.74, 6) is -0.229. The van der Waals surface area contributed by atoms with Crippen molar-refractivity contribution in [3.05, 3.63) is 29.8 Å². The zero-order chi connectivity index (χ0) is 16.9. The van der Waals surface area contributed by atoms with Gasteiger partial charge < -0.3 is 5.32 Å². The topological polar surface area (TPSA) is 66.5 Å². The molecule has 0 aliphatic carbocycles. The van der Waals surface area contributed by atoms with Crippen LogP contribution in [0, 0.1) is 0 Å². The molecule has 1 unspecified atom stereocenters. The molecule has 0 spiro atoms. The maximum absolute atomic E-state index is 12.8. The van der Waals surface area contributed by atoms with Crippen LogP contribution in [0.5, 0.6) is 0 Å². The third-order valence-electron chi connectivity index (χ3n) is 4.29. The van der Waals surface area contributed by atoms with E-state index in [4.69, 9.17) is 0 Å². The molecule has 1 heterocycles. The monoisotopic (exact) mass is 338 g/mol. The molecular weight excluding hydrogens is 312 g/mol. The Morgan fingerprint density at radius 2 is 1.87 bits per heavy atom. The van der Waals surface area contributed by atoms with Crippen LogP contribution in [0.3, 0.4) is 0 Å². The summed E-state index contributed by atoms with van der Waals surface area (Å²) in [6, 6.07) is 6.40. The van der Waals surface area contributed by atoms with Crippen LogP contribution in [0.15, 0.2) is 29.2 Å². The van der Waals surface area contributed by atoms with E-state index in [2.05, 4.69) is 5.32 Å². The van der Waals surface area contributed by atoms with Crippen molar-refractivity contribution in [3.63, 3.8) is 0 Å². The molecule has 1 atom stereocenters. The number of benzene rings is 1. The molecule has 5 nitrogen and oxygen atoms in total. The highest BCUT2D eigenvalue weighted by Gasteiger charge is 2.25. The fourth-order valence-electron chi connectivity index (χ4n) is 2.64. The lowest BCUT2D eigenvalue weighted by Gasteiger charge is -2.20. The predicted octanol–water partition coefficient (Wildman–Crippen LogP) is 2.78. The molecule has 1 amide bonds. The number of carbonyl (C=O) groups is 1. The number of amides is 1. The van der Waals surface area contributed by atoms with Gasteiger partial charge in [-0.15, -0.1) is 0 Å². The van der Waals surface area contributed by atoms with E-state index in [1.807, 2.05) is 13.8 Å². The van der Waals surface area contributed by atoms with E-state index in [0.717, 1.165) is 32.1 Å². The third-order valence-corrected chi connectivity index (χ3v) is 6.18. The van der Waals surface area contributed by atoms with Gasteiger partial charge in [-0.05, 0) is 44.4 Å². The van der Waals surface area contributed by atoms with Crippen LogP contribution < -0.4 is 5.32 Å². The standard InChI is InChI=1S/C17H26N2O3S/c1-3-14(2)18-17(20)15-9-8-10-16(13-15)23(21,22)19-11-6-4-5-7-12-19/h8-10,13-14H,3-7,11-12H2,1-2H3,(H,18,20). The van der Waals surface area contributed by atoms with E-state index in [1.54, 1.807) is 22.5 Å². The van der Waals surface area contributed by atoms with Gasteiger partial charge in [0.25, 0.3) is 5.91 Å². The molecule has 0 bridgehead atoms. The summed E-state index contributed by atoms with van der Waals surface area (Å²) in [6.45, 7) is 5.04. The maximum Gasteiger partial charge on any atom is 0.251 e. The van der Waals surface area contributed by atoms with Crippen LogP contribution >= 0.6 is 0 Å². The van der Waals surface area contributed by atoms with E-state index in [1.165, 1.54) is 6.07 Å². The van der Waals surface area contributed by atoms with Crippen LogP contribution in [-0.2, 0) is 10.0 Å². The van der Waals surface area contributed by atoms with E-state index in [9.17, 15) is 13.2 Å². The molecule has 2 rings (SSSR count). The number of carbonyl (C=O) groups excluding carboxylic acids is 1. The normalized spacial score (nSPS) is 18.2. The maximum atomic E-state index is 12.8. The average Bonchev–Trinajstić information content (AvgIpc) is 2.84. The summed E-state index contributed by atoms with van der Waals surface area (Å²) in [5, 5.41) is 2.87. The Bertz CT molecular complexity index is 635. The Labute approximate surface area is 139 Å². The molecule has 1 aromatic carbocycles. The molecule has 23 heavy (non-hydrogen) atoms. The summed E-state index contributed by atoms with van der Waals surface area (Å²) in [7, 11) is -3.52. The van der Waals surface area contributed by atoms with Crippen molar-refractivity contribution in [2.24, 2.45) is 0 Å². The number of rotatable bonds is 5. The second-order valence-corrected chi connectivity index (χ2v) is 8.07. The van der Waals surface area contributed by atoms with Gasteiger partial charge in [0.05, 0.1) is 4.90 Å². The Morgan fingerprint density at radius 1 is 1.22 bits per heavy atom. The summed E-state index contributed by atoms with van der Waals surface area (Å²) in [5.41, 5.74) is 0.390. The number of hydrogen-bond donors (Lipinski definition) is 1. The van der Waals surface area contributed by atoms with Crippen LogP contribution in [-0.4, -0.2) is 37.8 Å². The minimum atomic E-state index is -3.52. The average molecular weight is 338 g/mol. The van der Waals surface area contributed by atoms with Crippen molar-refractivity contribution >= 4 is 15.9 Å². The lowest BCUT2D eigenvalue weighted by molar-refractivity contribution is 0.0939. The number of nitrogens with one attached hydrogen (secondary N) is 1. The third kappa shape index (κ3) is 4.54. The van der Waals surface area contributed by atoms with Gasteiger partial charge in [0, 0.05) is 24.7 Å². The fourth-order valence-corrected chi connectivity index (χ4v) is 4.20. The molecule has 6 heteroatoms. The van der Waals surface area contributed by atoms with Gasteiger partial charge in [0.1, 0.15) is 0 Å². The van der Waals surface area contributed by atoms with Crippen LogP contribution in [0.25, 0.3) is 0 Å². The second-order valence-electron chi connectivity index (χ2n) is 6.13. The molecule has 1 aliphatic heterocycles. The molecule has 1 fully saturated rings. The Balaban J connectivity index is 2.22. The van der Waals surface area contributed by atoms with E-state index in [-0.39, 0.29) is 16.8 Å². The minimum Gasteiger partial charge on any atom is -0.350 e. The zero-order valence-electron chi connectivity index (χ0n) is 13.9. The highest BCUT2D eigenvalue weighted by Crippen LogP contribution is 2.21. The molecule has 1 aliphatic rings. The van der Waals surface area contributed by atoms with E-state index >= 15 is 0 Å². The van der Waals surface area contributed by atoms with Crippen molar-refractivity contribution < 1.29 is 13.2 Å². The lowest BCUT2D eigenvalue weighted by atomic mass is 10.2. The summed E-state index contributed by atoms with van der Waals surface area (Å²) >= 11 is 0. The SMILES string of the molecule is CCC(C)NC(=O)c1cccc(S(=O)(=O)N2CCCCCC2)c1. The van der Waals surface area contributed by atoms with Crippen molar-refractivity contribution in [3.8, 4) is 0 Å². The van der Waals surface area contributed by atoms with Gasteiger partial charge in [0.2, 0.25) is 10.0 Å². The first-order chi connectivity index (χ1) is 10.9. The molecule has 1 aromatic rings. The largest absolute Gasteiger partial charge is 0.350 e. The molecular formula is C17H26N2O3S. The molecule has 0 saturated carbocycles. The van der Waals surface area contributed by atoms with Crippen LogP contribution in [0.1, 0.15) is 56.3 Å². The smallest absolute Gasteiger partial charge is 0.251 e. The Hall–Kier alpha value is -1.40. The summed E-state index contributed by atoms with van der Waals surface area (Å²) in [4.78, 5) is 12.4. The Kier molecular flexibility index (Phi) is 6.18. The lowest BCUT2D eigenvalue weighted by Crippen LogP contribution is -2.33. The Morgan fingerprint density at radius 3 is 2.48 bits per heavy atom. The molecule has 0 aromatic heterocycles. The molecule has 0 radical (unpaired) electrons. The van der Waals surface area contributed by atoms with Gasteiger partial charge in [-0.25, -0.2) is 8.42 Å². The highest BCUT2D eigenvalue weighted by atomic mass is 32.2. The highest BCUT2D eigenvalue weighted by molar-refractivity contribution is 7.89. The second kappa shape index (κ2) is 7.93. The van der Waals surface area contributed by atoms with Gasteiger partial charge in [-0.3, -0.25) is 4.79 Å². The van der Waals surface area contributed by atoms with E-state index in [0.29, 0.717) is 18.7 Å². The number of nitrogens with zero attached hydrogens (tertiary/aromatic N) is 1. The number of hydrogen-bond acceptors (Lipinski definition) is 3. The first-order valence-electron chi connectivity index (χ1n) is 8.36. The first kappa shape index (κ1) is 17.9. The quantitative estimate of drug-likeness (QED) is 0.898. The van der Waals surface area contributed by atoms with E-state index < -0.39 is 10.0 Å². The summed E-state index contributed by atoms with van der Waals surface area (Å²) in [6.07, 6.45) is 4.77. The van der Waals surface area contributed by atoms with Crippen LogP contribution in [0.2, 0.25) is 0 Å². The van der Waals surface area contributed by atoms with Crippen molar-refractivity contribution in [1.82, 2.24) is 9.62 Å². The van der Waals surface area contributed by atoms with Crippen molar-refractivity contribution in [1.29, 1.82) is 0 Å².